The third-order valence-electron chi connectivity index (χ3n) is 2.97. The predicted molar refractivity (Wildman–Crippen MR) is 75.0 cm³/mol. The van der Waals surface area contributed by atoms with Gasteiger partial charge in [-0.25, -0.2) is 9.97 Å². The zero-order chi connectivity index (χ0) is 13.9. The maximum atomic E-state index is 11.9. The van der Waals surface area contributed by atoms with E-state index in [0.29, 0.717) is 28.5 Å². The van der Waals surface area contributed by atoms with E-state index in [1.165, 1.54) is 6.33 Å². The second-order valence-corrected chi connectivity index (χ2v) is 5.16. The van der Waals surface area contributed by atoms with Crippen LogP contribution in [0, 0.1) is 0 Å². The molecule has 2 aromatic heterocycles. The van der Waals surface area contributed by atoms with Gasteiger partial charge in [0.1, 0.15) is 23.9 Å². The Labute approximate surface area is 123 Å². The molecule has 0 unspecified atom stereocenters. The van der Waals surface area contributed by atoms with Crippen LogP contribution in [-0.4, -0.2) is 28.6 Å². The quantitative estimate of drug-likeness (QED) is 0.931. The van der Waals surface area contributed by atoms with Gasteiger partial charge in [0.25, 0.3) is 5.91 Å². The van der Waals surface area contributed by atoms with Gasteiger partial charge in [-0.1, -0.05) is 0 Å². The number of anilines is 1. The van der Waals surface area contributed by atoms with Crippen LogP contribution < -0.4 is 5.32 Å². The molecule has 1 aliphatic rings. The molecule has 1 atom stereocenters. The Morgan fingerprint density at radius 1 is 1.40 bits per heavy atom. The zero-order valence-corrected chi connectivity index (χ0v) is 12.1. The number of halogens is 1. The van der Waals surface area contributed by atoms with E-state index in [2.05, 4.69) is 31.2 Å². The Hall–Kier alpha value is -1.73. The molecule has 1 fully saturated rings. The maximum absolute atomic E-state index is 11.9. The summed E-state index contributed by atoms with van der Waals surface area (Å²) in [6.45, 7) is 0.632. The SMILES string of the molecule is O=C(Nc1cc(-c2ccc(Br)o2)ncn1)[C@H]1CCCO1. The van der Waals surface area contributed by atoms with Crippen LogP contribution in [0.2, 0.25) is 0 Å². The van der Waals surface area contributed by atoms with E-state index in [9.17, 15) is 4.79 Å². The predicted octanol–water partition coefficient (Wildman–Crippen LogP) is 2.62. The monoisotopic (exact) mass is 337 g/mol. The second kappa shape index (κ2) is 5.72. The molecule has 1 amide bonds. The Kier molecular flexibility index (Phi) is 3.79. The molecule has 3 rings (SSSR count). The minimum atomic E-state index is -0.383. The Morgan fingerprint density at radius 2 is 2.30 bits per heavy atom. The van der Waals surface area contributed by atoms with Crippen LogP contribution in [0.3, 0.4) is 0 Å². The molecule has 2 aromatic rings. The Bertz CT molecular complexity index is 623. The molecule has 0 spiro atoms. The first-order valence-corrected chi connectivity index (χ1v) is 7.02. The van der Waals surface area contributed by atoms with Crippen LogP contribution in [0.5, 0.6) is 0 Å². The summed E-state index contributed by atoms with van der Waals surface area (Å²) in [5, 5.41) is 2.73. The van der Waals surface area contributed by atoms with Gasteiger partial charge in [-0.2, -0.15) is 0 Å². The molecule has 1 N–H and O–H groups in total. The summed E-state index contributed by atoms with van der Waals surface area (Å²) in [6.07, 6.45) is 2.66. The summed E-state index contributed by atoms with van der Waals surface area (Å²) in [4.78, 5) is 20.1. The van der Waals surface area contributed by atoms with Gasteiger partial charge in [-0.15, -0.1) is 0 Å². The first-order chi connectivity index (χ1) is 9.72. The zero-order valence-electron chi connectivity index (χ0n) is 10.5. The number of nitrogens with one attached hydrogen (secondary N) is 1. The van der Waals surface area contributed by atoms with Crippen molar-refractivity contribution in [2.45, 2.75) is 18.9 Å². The number of ether oxygens (including phenoxy) is 1. The average molecular weight is 338 g/mol. The number of amides is 1. The number of aromatic nitrogens is 2. The van der Waals surface area contributed by atoms with Gasteiger partial charge >= 0.3 is 0 Å². The minimum absolute atomic E-state index is 0.173. The third kappa shape index (κ3) is 2.88. The molecule has 0 bridgehead atoms. The van der Waals surface area contributed by atoms with Crippen LogP contribution in [0.25, 0.3) is 11.5 Å². The fourth-order valence-corrected chi connectivity index (χ4v) is 2.31. The molecule has 0 radical (unpaired) electrons. The van der Waals surface area contributed by atoms with Gasteiger partial charge < -0.3 is 14.5 Å². The maximum Gasteiger partial charge on any atom is 0.254 e. The first kappa shape index (κ1) is 13.3. The number of rotatable bonds is 3. The Morgan fingerprint density at radius 3 is 3.00 bits per heavy atom. The fourth-order valence-electron chi connectivity index (χ4n) is 2.00. The van der Waals surface area contributed by atoms with Crippen molar-refractivity contribution in [3.05, 3.63) is 29.2 Å². The lowest BCUT2D eigenvalue weighted by atomic mass is 10.2. The van der Waals surface area contributed by atoms with Crippen LogP contribution in [-0.2, 0) is 9.53 Å². The number of furan rings is 1. The molecule has 1 aliphatic heterocycles. The summed E-state index contributed by atoms with van der Waals surface area (Å²) < 4.78 is 11.4. The van der Waals surface area contributed by atoms with E-state index in [1.807, 2.05) is 0 Å². The fraction of sp³-hybridized carbons (Fsp3) is 0.308. The molecule has 7 heteroatoms. The van der Waals surface area contributed by atoms with E-state index in [1.54, 1.807) is 18.2 Å². The molecule has 1 saturated heterocycles. The van der Waals surface area contributed by atoms with E-state index in [-0.39, 0.29) is 12.0 Å². The van der Waals surface area contributed by atoms with Gasteiger partial charge in [-0.05, 0) is 40.9 Å². The summed E-state index contributed by atoms with van der Waals surface area (Å²) in [6, 6.07) is 5.23. The highest BCUT2D eigenvalue weighted by atomic mass is 79.9. The number of carbonyl (C=O) groups is 1. The molecule has 0 aromatic carbocycles. The standard InChI is InChI=1S/C13H12BrN3O3/c14-11-4-3-9(20-11)8-6-12(16-7-15-8)17-13(18)10-2-1-5-19-10/h3-4,6-7,10H,1-2,5H2,(H,15,16,17,18)/t10-/m1/s1. The van der Waals surface area contributed by atoms with Crippen LogP contribution in [0.4, 0.5) is 5.82 Å². The van der Waals surface area contributed by atoms with Gasteiger partial charge in [0, 0.05) is 12.7 Å². The van der Waals surface area contributed by atoms with Crippen molar-refractivity contribution in [2.75, 3.05) is 11.9 Å². The molecular formula is C13H12BrN3O3. The number of hydrogen-bond acceptors (Lipinski definition) is 5. The number of carbonyl (C=O) groups excluding carboxylic acids is 1. The van der Waals surface area contributed by atoms with Crippen LogP contribution in [0.1, 0.15) is 12.8 Å². The van der Waals surface area contributed by atoms with E-state index in [0.717, 1.165) is 12.8 Å². The molecule has 104 valence electrons. The van der Waals surface area contributed by atoms with Gasteiger partial charge in [0.2, 0.25) is 0 Å². The largest absolute Gasteiger partial charge is 0.448 e. The number of hydrogen-bond donors (Lipinski definition) is 1. The summed E-state index contributed by atoms with van der Waals surface area (Å²) in [7, 11) is 0. The van der Waals surface area contributed by atoms with Gasteiger partial charge in [0.05, 0.1) is 0 Å². The highest BCUT2D eigenvalue weighted by Crippen LogP contribution is 2.24. The normalized spacial score (nSPS) is 18.1. The highest BCUT2D eigenvalue weighted by molar-refractivity contribution is 9.10. The lowest BCUT2D eigenvalue weighted by Crippen LogP contribution is -2.27. The van der Waals surface area contributed by atoms with Crippen molar-refractivity contribution in [3.8, 4) is 11.5 Å². The smallest absolute Gasteiger partial charge is 0.254 e. The van der Waals surface area contributed by atoms with E-state index in [4.69, 9.17) is 9.15 Å². The van der Waals surface area contributed by atoms with Crippen molar-refractivity contribution in [2.24, 2.45) is 0 Å². The average Bonchev–Trinajstić information content (AvgIpc) is 3.10. The molecule has 0 aliphatic carbocycles. The Balaban J connectivity index is 1.75. The number of nitrogens with zero attached hydrogens (tertiary/aromatic N) is 2. The minimum Gasteiger partial charge on any atom is -0.448 e. The second-order valence-electron chi connectivity index (χ2n) is 4.38. The van der Waals surface area contributed by atoms with Crippen LogP contribution >= 0.6 is 15.9 Å². The van der Waals surface area contributed by atoms with E-state index >= 15 is 0 Å². The molecule has 3 heterocycles. The van der Waals surface area contributed by atoms with Crippen molar-refractivity contribution >= 4 is 27.7 Å². The van der Waals surface area contributed by atoms with Crippen molar-refractivity contribution in [1.29, 1.82) is 0 Å². The summed E-state index contributed by atoms with van der Waals surface area (Å²) in [5.74, 6) is 0.864. The van der Waals surface area contributed by atoms with Gasteiger partial charge in [-0.3, -0.25) is 4.79 Å². The topological polar surface area (TPSA) is 77.3 Å². The first-order valence-electron chi connectivity index (χ1n) is 6.22. The summed E-state index contributed by atoms with van der Waals surface area (Å²) in [5.41, 5.74) is 0.605. The summed E-state index contributed by atoms with van der Waals surface area (Å²) >= 11 is 3.24. The van der Waals surface area contributed by atoms with Gasteiger partial charge in [0.15, 0.2) is 10.4 Å². The molecule has 6 nitrogen and oxygen atoms in total. The van der Waals surface area contributed by atoms with Crippen molar-refractivity contribution in [1.82, 2.24) is 9.97 Å². The lowest BCUT2D eigenvalue weighted by molar-refractivity contribution is -0.124. The molecule has 20 heavy (non-hydrogen) atoms. The molecule has 0 saturated carbocycles. The van der Waals surface area contributed by atoms with Crippen molar-refractivity contribution in [3.63, 3.8) is 0 Å². The lowest BCUT2D eigenvalue weighted by Gasteiger charge is -2.09. The van der Waals surface area contributed by atoms with Crippen molar-refractivity contribution < 1.29 is 13.9 Å². The molecular weight excluding hydrogens is 326 g/mol. The van der Waals surface area contributed by atoms with Crippen LogP contribution in [0.15, 0.2) is 33.6 Å². The third-order valence-corrected chi connectivity index (χ3v) is 3.39. The van der Waals surface area contributed by atoms with E-state index < -0.39 is 0 Å². The highest BCUT2D eigenvalue weighted by Gasteiger charge is 2.24.